The Labute approximate surface area is 185 Å². The Morgan fingerprint density at radius 3 is 2.48 bits per heavy atom. The Kier molecular flexibility index (Phi) is 6.31. The monoisotopic (exact) mass is 440 g/mol. The number of anilines is 1. The largest absolute Gasteiger partial charge is 0.496 e. The predicted octanol–water partition coefficient (Wildman–Crippen LogP) is 4.57. The summed E-state index contributed by atoms with van der Waals surface area (Å²) in [5.41, 5.74) is 3.05. The van der Waals surface area contributed by atoms with Crippen molar-refractivity contribution in [2.75, 3.05) is 32.4 Å². The van der Waals surface area contributed by atoms with E-state index in [9.17, 15) is 0 Å². The molecule has 0 spiro atoms. The van der Waals surface area contributed by atoms with Crippen LogP contribution in [0, 0.1) is 0 Å². The fraction of sp³-hybridized carbons (Fsp3) is 0.318. The van der Waals surface area contributed by atoms with Gasteiger partial charge in [0.15, 0.2) is 17.2 Å². The summed E-state index contributed by atoms with van der Waals surface area (Å²) in [4.78, 5) is 4.65. The first-order valence-electron chi connectivity index (χ1n) is 9.88. The third-order valence-electron chi connectivity index (χ3n) is 4.79. The van der Waals surface area contributed by atoms with E-state index >= 15 is 0 Å². The van der Waals surface area contributed by atoms with E-state index in [1.54, 1.807) is 39.2 Å². The minimum absolute atomic E-state index is 0.410. The number of methoxy groups -OCH3 is 3. The average Bonchev–Trinajstić information content (AvgIpc) is 2.98. The zero-order valence-corrected chi connectivity index (χ0v) is 18.7. The van der Waals surface area contributed by atoms with E-state index in [0.29, 0.717) is 34.0 Å². The van der Waals surface area contributed by atoms with Crippen molar-refractivity contribution in [3.8, 4) is 34.4 Å². The van der Waals surface area contributed by atoms with Crippen molar-refractivity contribution in [3.05, 3.63) is 42.0 Å². The quantitative estimate of drug-likeness (QED) is 0.531. The normalized spacial score (nSPS) is 14.4. The van der Waals surface area contributed by atoms with Crippen molar-refractivity contribution < 1.29 is 18.9 Å². The van der Waals surface area contributed by atoms with Gasteiger partial charge in [0.2, 0.25) is 17.3 Å². The number of aromatic nitrogens is 3. The van der Waals surface area contributed by atoms with Gasteiger partial charge >= 0.3 is 0 Å². The number of para-hydroxylation sites is 1. The average molecular weight is 441 g/mol. The first-order chi connectivity index (χ1) is 15.2. The van der Waals surface area contributed by atoms with Crippen molar-refractivity contribution in [1.29, 1.82) is 0 Å². The van der Waals surface area contributed by atoms with Crippen molar-refractivity contribution >= 4 is 17.4 Å². The summed E-state index contributed by atoms with van der Waals surface area (Å²) in [6.45, 7) is 2.11. The molecule has 9 heteroatoms. The number of ether oxygens (including phenoxy) is 4. The molecule has 1 aliphatic rings. The van der Waals surface area contributed by atoms with Gasteiger partial charge in [0.1, 0.15) is 5.75 Å². The Morgan fingerprint density at radius 1 is 1.00 bits per heavy atom. The number of hydrogen-bond acceptors (Lipinski definition) is 9. The molecular formula is C22H24N4O4S. The van der Waals surface area contributed by atoms with Crippen LogP contribution in [-0.4, -0.2) is 42.3 Å². The fourth-order valence-corrected chi connectivity index (χ4v) is 3.93. The number of rotatable bonds is 7. The molecule has 8 nitrogen and oxygen atoms in total. The lowest BCUT2D eigenvalue weighted by atomic mass is 10.1. The third-order valence-corrected chi connectivity index (χ3v) is 5.83. The van der Waals surface area contributed by atoms with Gasteiger partial charge in [0.25, 0.3) is 0 Å². The zero-order chi connectivity index (χ0) is 21.8. The maximum Gasteiger partial charge on any atom is 0.247 e. The fourth-order valence-electron chi connectivity index (χ4n) is 3.30. The number of nitrogens with zero attached hydrogens (tertiary/aromatic N) is 3. The summed E-state index contributed by atoms with van der Waals surface area (Å²) in [5, 5.41) is 12.7. The molecule has 0 radical (unpaired) electrons. The third kappa shape index (κ3) is 4.18. The van der Waals surface area contributed by atoms with Crippen molar-refractivity contribution in [2.24, 2.45) is 0 Å². The van der Waals surface area contributed by atoms with Crippen LogP contribution in [0.5, 0.6) is 23.1 Å². The first-order valence-corrected chi connectivity index (χ1v) is 10.9. The van der Waals surface area contributed by atoms with Gasteiger partial charge in [0.05, 0.1) is 26.9 Å². The van der Waals surface area contributed by atoms with Gasteiger partial charge < -0.3 is 24.3 Å². The highest BCUT2D eigenvalue weighted by atomic mass is 32.2. The van der Waals surface area contributed by atoms with Crippen LogP contribution < -0.4 is 24.3 Å². The molecule has 0 saturated carbocycles. The van der Waals surface area contributed by atoms with Crippen LogP contribution in [0.1, 0.15) is 25.1 Å². The maximum atomic E-state index is 6.35. The van der Waals surface area contributed by atoms with Crippen LogP contribution in [0.25, 0.3) is 11.3 Å². The van der Waals surface area contributed by atoms with Gasteiger partial charge in [0, 0.05) is 23.1 Å². The molecule has 1 aromatic heterocycles. The molecule has 162 valence electrons. The second-order valence-electron chi connectivity index (χ2n) is 6.73. The summed E-state index contributed by atoms with van der Waals surface area (Å²) >= 11 is 1.55. The highest BCUT2D eigenvalue weighted by molar-refractivity contribution is 7.99. The van der Waals surface area contributed by atoms with Gasteiger partial charge in [-0.05, 0) is 18.6 Å². The molecule has 2 aromatic carbocycles. The molecule has 0 aliphatic carbocycles. The lowest BCUT2D eigenvalue weighted by Gasteiger charge is -2.22. The highest BCUT2D eigenvalue weighted by Gasteiger charge is 2.29. The maximum absolute atomic E-state index is 6.35. The summed E-state index contributed by atoms with van der Waals surface area (Å²) in [6, 6.07) is 11.4. The minimum Gasteiger partial charge on any atom is -0.496 e. The van der Waals surface area contributed by atoms with Gasteiger partial charge in [-0.15, -0.1) is 10.2 Å². The van der Waals surface area contributed by atoms with E-state index in [0.717, 1.165) is 29.0 Å². The zero-order valence-electron chi connectivity index (χ0n) is 17.8. The Hall–Kier alpha value is -3.20. The van der Waals surface area contributed by atoms with Gasteiger partial charge in [-0.1, -0.05) is 36.9 Å². The molecule has 31 heavy (non-hydrogen) atoms. The molecule has 4 rings (SSSR count). The predicted molar refractivity (Wildman–Crippen MR) is 119 cm³/mol. The van der Waals surface area contributed by atoms with E-state index in [-0.39, 0.29) is 0 Å². The Bertz CT molecular complexity index is 1080. The van der Waals surface area contributed by atoms with Crippen LogP contribution in [0.3, 0.4) is 0 Å². The first kappa shape index (κ1) is 21.0. The summed E-state index contributed by atoms with van der Waals surface area (Å²) in [6.07, 6.45) is 0.417. The second-order valence-corrected chi connectivity index (χ2v) is 7.80. The number of fused-ring (bicyclic) bond motifs is 3. The number of thioether (sulfide) groups is 1. The van der Waals surface area contributed by atoms with Crippen LogP contribution in [-0.2, 0) is 0 Å². The molecule has 1 aliphatic heterocycles. The summed E-state index contributed by atoms with van der Waals surface area (Å²) in [5.74, 6) is 3.05. The standard InChI is InChI=1S/C22H24N4O4S/c1-5-10-31-22-24-21-19(25-26-22)13-8-6-7-9-15(13)23-20(30-21)14-11-17(28-3)18(29-4)12-16(14)27-2/h6-9,11-12,20,23H,5,10H2,1-4H3. The number of hydrogen-bond donors (Lipinski definition) is 1. The molecular weight excluding hydrogens is 416 g/mol. The Morgan fingerprint density at radius 2 is 1.74 bits per heavy atom. The van der Waals surface area contributed by atoms with E-state index < -0.39 is 6.23 Å². The van der Waals surface area contributed by atoms with Crippen LogP contribution in [0.4, 0.5) is 5.69 Å². The molecule has 3 aromatic rings. The SMILES string of the molecule is CCCSc1nnc2c(n1)OC(c1cc(OC)c(OC)cc1OC)Nc1ccccc1-2. The molecule has 1 N–H and O–H groups in total. The number of benzene rings is 2. The second kappa shape index (κ2) is 9.30. The smallest absolute Gasteiger partial charge is 0.247 e. The van der Waals surface area contributed by atoms with E-state index in [4.69, 9.17) is 18.9 Å². The lowest BCUT2D eigenvalue weighted by molar-refractivity contribution is 0.218. The Balaban J connectivity index is 1.83. The highest BCUT2D eigenvalue weighted by Crippen LogP contribution is 2.43. The van der Waals surface area contributed by atoms with Crippen molar-refractivity contribution in [3.63, 3.8) is 0 Å². The topological polar surface area (TPSA) is 87.6 Å². The molecule has 0 fully saturated rings. The van der Waals surface area contributed by atoms with Crippen molar-refractivity contribution in [1.82, 2.24) is 15.2 Å². The molecule has 0 saturated heterocycles. The summed E-state index contributed by atoms with van der Waals surface area (Å²) in [7, 11) is 4.78. The molecule has 1 atom stereocenters. The van der Waals surface area contributed by atoms with E-state index in [1.807, 2.05) is 30.3 Å². The van der Waals surface area contributed by atoms with E-state index in [1.165, 1.54) is 0 Å². The van der Waals surface area contributed by atoms with E-state index in [2.05, 4.69) is 27.4 Å². The van der Waals surface area contributed by atoms with Gasteiger partial charge in [-0.3, -0.25) is 0 Å². The van der Waals surface area contributed by atoms with Crippen molar-refractivity contribution in [2.45, 2.75) is 24.7 Å². The molecule has 1 unspecified atom stereocenters. The molecule has 2 heterocycles. The number of nitrogens with one attached hydrogen (secondary N) is 1. The molecule has 0 amide bonds. The van der Waals surface area contributed by atoms with Crippen LogP contribution in [0.2, 0.25) is 0 Å². The van der Waals surface area contributed by atoms with Crippen LogP contribution >= 0.6 is 11.8 Å². The minimum atomic E-state index is -0.599. The van der Waals surface area contributed by atoms with Gasteiger partial charge in [-0.2, -0.15) is 4.98 Å². The van der Waals surface area contributed by atoms with Gasteiger partial charge in [-0.25, -0.2) is 0 Å². The summed E-state index contributed by atoms with van der Waals surface area (Å²) < 4.78 is 22.9. The lowest BCUT2D eigenvalue weighted by Crippen LogP contribution is -2.18. The van der Waals surface area contributed by atoms with Crippen LogP contribution in [0.15, 0.2) is 41.6 Å². The molecule has 0 bridgehead atoms.